The highest BCUT2D eigenvalue weighted by Crippen LogP contribution is 2.24. The van der Waals surface area contributed by atoms with Gasteiger partial charge in [0.15, 0.2) is 0 Å². The molecule has 9 heteroatoms. The molecule has 1 aliphatic heterocycles. The molecule has 1 aromatic heterocycles. The molecule has 1 amide bonds. The summed E-state index contributed by atoms with van der Waals surface area (Å²) in [4.78, 5) is 13.4. The van der Waals surface area contributed by atoms with Crippen molar-refractivity contribution < 1.29 is 18.0 Å². The molecular weight excluding hydrogens is 311 g/mol. The molecule has 1 atom stereocenters. The molecule has 0 aliphatic carbocycles. The predicted octanol–water partition coefficient (Wildman–Crippen LogP) is 1.10. The SMILES string of the molecule is CC(C)c1cc(C(=O)NCC(N2CCNCC2)C(F)(F)F)n[nH]1. The lowest BCUT2D eigenvalue weighted by Gasteiger charge is -2.35. The summed E-state index contributed by atoms with van der Waals surface area (Å²) in [7, 11) is 0. The minimum absolute atomic E-state index is 0.106. The molecule has 1 saturated heterocycles. The third kappa shape index (κ3) is 4.68. The molecule has 6 nitrogen and oxygen atoms in total. The number of rotatable bonds is 5. The minimum atomic E-state index is -4.39. The van der Waals surface area contributed by atoms with E-state index in [0.29, 0.717) is 26.2 Å². The van der Waals surface area contributed by atoms with Crippen LogP contribution in [0.3, 0.4) is 0 Å². The first-order valence-corrected chi connectivity index (χ1v) is 7.64. The second kappa shape index (κ2) is 7.31. The number of alkyl halides is 3. The third-order valence-electron chi connectivity index (χ3n) is 3.88. The Kier molecular flexibility index (Phi) is 5.64. The van der Waals surface area contributed by atoms with Crippen molar-refractivity contribution in [2.24, 2.45) is 0 Å². The number of carbonyl (C=O) groups is 1. The van der Waals surface area contributed by atoms with E-state index in [1.54, 1.807) is 6.07 Å². The second-order valence-electron chi connectivity index (χ2n) is 5.92. The van der Waals surface area contributed by atoms with Crippen LogP contribution in [0.15, 0.2) is 6.07 Å². The molecule has 3 N–H and O–H groups in total. The van der Waals surface area contributed by atoms with Gasteiger partial charge in [-0.3, -0.25) is 14.8 Å². The molecule has 2 rings (SSSR count). The van der Waals surface area contributed by atoms with Gasteiger partial charge in [-0.25, -0.2) is 0 Å². The number of H-pyrrole nitrogens is 1. The van der Waals surface area contributed by atoms with E-state index in [1.807, 2.05) is 13.8 Å². The maximum absolute atomic E-state index is 13.2. The lowest BCUT2D eigenvalue weighted by atomic mass is 10.1. The zero-order chi connectivity index (χ0) is 17.0. The molecular formula is C14H22F3N5O. The van der Waals surface area contributed by atoms with Gasteiger partial charge >= 0.3 is 6.18 Å². The fraction of sp³-hybridized carbons (Fsp3) is 0.714. The van der Waals surface area contributed by atoms with Crippen LogP contribution in [0.4, 0.5) is 13.2 Å². The minimum Gasteiger partial charge on any atom is -0.349 e. The van der Waals surface area contributed by atoms with Crippen LogP contribution in [0, 0.1) is 0 Å². The van der Waals surface area contributed by atoms with Gasteiger partial charge in [0.2, 0.25) is 0 Å². The first kappa shape index (κ1) is 17.7. The number of carbonyl (C=O) groups excluding carboxylic acids is 1. The van der Waals surface area contributed by atoms with Crippen molar-refractivity contribution in [1.82, 2.24) is 25.7 Å². The molecule has 1 aliphatic rings. The zero-order valence-electron chi connectivity index (χ0n) is 13.2. The lowest BCUT2D eigenvalue weighted by molar-refractivity contribution is -0.183. The van der Waals surface area contributed by atoms with Crippen LogP contribution in [0.5, 0.6) is 0 Å². The largest absolute Gasteiger partial charge is 0.405 e. The van der Waals surface area contributed by atoms with Crippen molar-refractivity contribution in [1.29, 1.82) is 0 Å². The highest BCUT2D eigenvalue weighted by molar-refractivity contribution is 5.92. The lowest BCUT2D eigenvalue weighted by Crippen LogP contribution is -2.57. The van der Waals surface area contributed by atoms with Gasteiger partial charge in [-0.05, 0) is 12.0 Å². The highest BCUT2D eigenvalue weighted by atomic mass is 19.4. The van der Waals surface area contributed by atoms with Crippen LogP contribution in [0.1, 0.15) is 35.9 Å². The maximum atomic E-state index is 13.2. The summed E-state index contributed by atoms with van der Waals surface area (Å²) in [5.74, 6) is -0.439. The number of hydrogen-bond donors (Lipinski definition) is 3. The van der Waals surface area contributed by atoms with E-state index >= 15 is 0 Å². The summed E-state index contributed by atoms with van der Waals surface area (Å²) in [6.07, 6.45) is -4.39. The molecule has 130 valence electrons. The molecule has 0 radical (unpaired) electrons. The van der Waals surface area contributed by atoms with Gasteiger partial charge in [0.05, 0.1) is 0 Å². The van der Waals surface area contributed by atoms with Crippen LogP contribution in [-0.4, -0.2) is 65.9 Å². The fourth-order valence-corrected chi connectivity index (χ4v) is 2.47. The highest BCUT2D eigenvalue weighted by Gasteiger charge is 2.43. The Labute approximate surface area is 132 Å². The first-order valence-electron chi connectivity index (χ1n) is 7.64. The fourth-order valence-electron chi connectivity index (χ4n) is 2.47. The Morgan fingerprint density at radius 1 is 1.39 bits per heavy atom. The normalized spacial score (nSPS) is 18.2. The molecule has 0 spiro atoms. The van der Waals surface area contributed by atoms with Gasteiger partial charge < -0.3 is 10.6 Å². The molecule has 2 heterocycles. The topological polar surface area (TPSA) is 73.1 Å². The van der Waals surface area contributed by atoms with E-state index in [2.05, 4.69) is 20.8 Å². The molecule has 0 aromatic carbocycles. The van der Waals surface area contributed by atoms with E-state index in [9.17, 15) is 18.0 Å². The Bertz CT molecular complexity index is 523. The summed E-state index contributed by atoms with van der Waals surface area (Å²) in [5, 5.41) is 11.9. The van der Waals surface area contributed by atoms with E-state index in [-0.39, 0.29) is 11.6 Å². The van der Waals surface area contributed by atoms with Crippen molar-refractivity contribution in [3.63, 3.8) is 0 Å². The van der Waals surface area contributed by atoms with E-state index < -0.39 is 24.7 Å². The number of nitrogens with zero attached hydrogens (tertiary/aromatic N) is 2. The summed E-state index contributed by atoms with van der Waals surface area (Å²) in [6.45, 7) is 5.01. The van der Waals surface area contributed by atoms with Gasteiger partial charge in [0, 0.05) is 38.4 Å². The summed E-state index contributed by atoms with van der Waals surface area (Å²) < 4.78 is 39.7. The molecule has 1 fully saturated rings. The number of hydrogen-bond acceptors (Lipinski definition) is 4. The van der Waals surface area contributed by atoms with Gasteiger partial charge in [0.25, 0.3) is 5.91 Å². The molecule has 0 bridgehead atoms. The first-order chi connectivity index (χ1) is 10.8. The van der Waals surface area contributed by atoms with Crippen molar-refractivity contribution >= 4 is 5.91 Å². The van der Waals surface area contributed by atoms with E-state index in [4.69, 9.17) is 0 Å². The van der Waals surface area contributed by atoms with Gasteiger partial charge in [-0.15, -0.1) is 0 Å². The number of piperazine rings is 1. The van der Waals surface area contributed by atoms with Crippen molar-refractivity contribution in [2.45, 2.75) is 32.0 Å². The van der Waals surface area contributed by atoms with E-state index in [0.717, 1.165) is 5.69 Å². The van der Waals surface area contributed by atoms with Crippen LogP contribution in [0.25, 0.3) is 0 Å². The molecule has 23 heavy (non-hydrogen) atoms. The summed E-state index contributed by atoms with van der Waals surface area (Å²) in [5.41, 5.74) is 0.875. The Morgan fingerprint density at radius 2 is 2.04 bits per heavy atom. The average Bonchev–Trinajstić information content (AvgIpc) is 2.97. The summed E-state index contributed by atoms with van der Waals surface area (Å²) in [6, 6.07) is -0.120. The maximum Gasteiger partial charge on any atom is 0.405 e. The molecule has 0 saturated carbocycles. The zero-order valence-corrected chi connectivity index (χ0v) is 13.2. The third-order valence-corrected chi connectivity index (χ3v) is 3.88. The summed E-state index contributed by atoms with van der Waals surface area (Å²) >= 11 is 0. The standard InChI is InChI=1S/C14H22F3N5O/c1-9(2)10-7-11(21-20-10)13(23)19-8-12(14(15,16)17)22-5-3-18-4-6-22/h7,9,12,18H,3-6,8H2,1-2H3,(H,19,23)(H,20,21). The van der Waals surface area contributed by atoms with Crippen LogP contribution >= 0.6 is 0 Å². The van der Waals surface area contributed by atoms with Crippen LogP contribution in [-0.2, 0) is 0 Å². The van der Waals surface area contributed by atoms with Crippen molar-refractivity contribution in [3.8, 4) is 0 Å². The number of nitrogens with one attached hydrogen (secondary N) is 3. The van der Waals surface area contributed by atoms with Gasteiger partial charge in [-0.1, -0.05) is 13.8 Å². The smallest absolute Gasteiger partial charge is 0.349 e. The number of aromatic amines is 1. The van der Waals surface area contributed by atoms with Crippen LogP contribution < -0.4 is 10.6 Å². The van der Waals surface area contributed by atoms with Gasteiger partial charge in [0.1, 0.15) is 11.7 Å². The predicted molar refractivity (Wildman–Crippen MR) is 79.3 cm³/mol. The Morgan fingerprint density at radius 3 is 2.57 bits per heavy atom. The van der Waals surface area contributed by atoms with Gasteiger partial charge in [-0.2, -0.15) is 18.3 Å². The Hall–Kier alpha value is -1.61. The molecule has 1 unspecified atom stereocenters. The van der Waals surface area contributed by atoms with Crippen molar-refractivity contribution in [2.75, 3.05) is 32.7 Å². The number of amides is 1. The number of halogens is 3. The van der Waals surface area contributed by atoms with Crippen LogP contribution in [0.2, 0.25) is 0 Å². The van der Waals surface area contributed by atoms with E-state index in [1.165, 1.54) is 4.90 Å². The number of aromatic nitrogens is 2. The van der Waals surface area contributed by atoms with Crippen molar-refractivity contribution in [3.05, 3.63) is 17.5 Å². The quantitative estimate of drug-likeness (QED) is 0.754. The molecule has 1 aromatic rings. The second-order valence-corrected chi connectivity index (χ2v) is 5.92. The monoisotopic (exact) mass is 333 g/mol. The Balaban J connectivity index is 1.98. The average molecular weight is 333 g/mol.